The predicted molar refractivity (Wildman–Crippen MR) is 73.8 cm³/mol. The van der Waals surface area contributed by atoms with Crippen LogP contribution in [-0.2, 0) is 0 Å². The third-order valence-electron chi connectivity index (χ3n) is 3.49. The molecule has 1 aliphatic rings. The van der Waals surface area contributed by atoms with Crippen LogP contribution in [0.2, 0.25) is 0 Å². The molecule has 1 aliphatic heterocycles. The van der Waals surface area contributed by atoms with Crippen LogP contribution in [0.5, 0.6) is 11.5 Å². The zero-order valence-corrected chi connectivity index (χ0v) is 11.6. The van der Waals surface area contributed by atoms with Crippen molar-refractivity contribution in [3.63, 3.8) is 0 Å². The van der Waals surface area contributed by atoms with Gasteiger partial charge in [-0.2, -0.15) is 0 Å². The van der Waals surface area contributed by atoms with Gasteiger partial charge < -0.3 is 19.7 Å². The molecule has 1 aromatic carbocycles. The Kier molecular flexibility index (Phi) is 3.97. The van der Waals surface area contributed by atoms with E-state index in [1.165, 1.54) is 5.69 Å². The quantitative estimate of drug-likeness (QED) is 0.888. The molecule has 4 heteroatoms. The fraction of sp³-hybridized carbons (Fsp3) is 0.571. The molecule has 1 saturated heterocycles. The van der Waals surface area contributed by atoms with Crippen molar-refractivity contribution in [3.8, 4) is 11.5 Å². The van der Waals surface area contributed by atoms with E-state index in [1.807, 2.05) is 6.07 Å². The summed E-state index contributed by atoms with van der Waals surface area (Å²) in [5.41, 5.74) is 1.19. The highest BCUT2D eigenvalue weighted by Gasteiger charge is 2.25. The van der Waals surface area contributed by atoms with E-state index < -0.39 is 0 Å². The van der Waals surface area contributed by atoms with E-state index in [1.54, 1.807) is 14.2 Å². The molecule has 0 amide bonds. The monoisotopic (exact) mass is 250 g/mol. The molecule has 1 aromatic rings. The molecule has 18 heavy (non-hydrogen) atoms. The summed E-state index contributed by atoms with van der Waals surface area (Å²) in [5, 5.41) is 3.44. The number of rotatable bonds is 3. The van der Waals surface area contributed by atoms with Gasteiger partial charge in [-0.15, -0.1) is 0 Å². The highest BCUT2D eigenvalue weighted by atomic mass is 16.5. The molecule has 0 aromatic heterocycles. The third kappa shape index (κ3) is 2.38. The van der Waals surface area contributed by atoms with Crippen molar-refractivity contribution >= 4 is 5.69 Å². The molecule has 2 atom stereocenters. The Morgan fingerprint density at radius 2 is 1.67 bits per heavy atom. The molecule has 0 saturated carbocycles. The summed E-state index contributed by atoms with van der Waals surface area (Å²) >= 11 is 0. The van der Waals surface area contributed by atoms with Gasteiger partial charge in [0.25, 0.3) is 0 Å². The summed E-state index contributed by atoms with van der Waals surface area (Å²) in [7, 11) is 3.33. The lowest BCUT2D eigenvalue weighted by molar-refractivity contribution is 0.354. The molecule has 1 fully saturated rings. The number of piperazine rings is 1. The summed E-state index contributed by atoms with van der Waals surface area (Å²) in [6, 6.07) is 7.07. The van der Waals surface area contributed by atoms with Gasteiger partial charge in [0, 0.05) is 36.9 Å². The van der Waals surface area contributed by atoms with Crippen LogP contribution in [0.3, 0.4) is 0 Å². The Morgan fingerprint density at radius 3 is 2.22 bits per heavy atom. The standard InChI is InChI=1S/C14H22N2O2/c1-10-8-15-9-11(2)16(10)12-5-6-13(17-3)14(7-12)18-4/h5-7,10-11,15H,8-9H2,1-4H3. The molecular formula is C14H22N2O2. The summed E-state index contributed by atoms with van der Waals surface area (Å²) in [6.45, 7) is 6.50. The molecule has 1 N–H and O–H groups in total. The molecule has 0 radical (unpaired) electrons. The van der Waals surface area contributed by atoms with Crippen LogP contribution in [0, 0.1) is 0 Å². The average Bonchev–Trinajstić information content (AvgIpc) is 2.38. The van der Waals surface area contributed by atoms with Crippen LogP contribution in [0.15, 0.2) is 18.2 Å². The van der Waals surface area contributed by atoms with E-state index >= 15 is 0 Å². The normalized spacial score (nSPS) is 23.9. The second kappa shape index (κ2) is 5.48. The van der Waals surface area contributed by atoms with Crippen LogP contribution in [0.4, 0.5) is 5.69 Å². The second-order valence-corrected chi connectivity index (χ2v) is 4.80. The number of anilines is 1. The maximum Gasteiger partial charge on any atom is 0.162 e. The number of hydrogen-bond acceptors (Lipinski definition) is 4. The fourth-order valence-corrected chi connectivity index (χ4v) is 2.63. The highest BCUT2D eigenvalue weighted by molar-refractivity contribution is 5.57. The SMILES string of the molecule is COc1ccc(N2C(C)CNCC2C)cc1OC. The van der Waals surface area contributed by atoms with Crippen molar-refractivity contribution in [2.24, 2.45) is 0 Å². The lowest BCUT2D eigenvalue weighted by Crippen LogP contribution is -2.55. The first-order valence-corrected chi connectivity index (χ1v) is 6.38. The van der Waals surface area contributed by atoms with E-state index in [4.69, 9.17) is 9.47 Å². The molecule has 2 unspecified atom stereocenters. The largest absolute Gasteiger partial charge is 0.493 e. The molecule has 1 heterocycles. The smallest absolute Gasteiger partial charge is 0.162 e. The summed E-state index contributed by atoms with van der Waals surface area (Å²) in [5.74, 6) is 1.56. The van der Waals surface area contributed by atoms with E-state index in [9.17, 15) is 0 Å². The van der Waals surface area contributed by atoms with Crippen LogP contribution >= 0.6 is 0 Å². The van der Waals surface area contributed by atoms with Gasteiger partial charge in [0.05, 0.1) is 14.2 Å². The first-order chi connectivity index (χ1) is 8.67. The van der Waals surface area contributed by atoms with Gasteiger partial charge in [0.1, 0.15) is 0 Å². The number of nitrogens with zero attached hydrogens (tertiary/aromatic N) is 1. The second-order valence-electron chi connectivity index (χ2n) is 4.80. The van der Waals surface area contributed by atoms with E-state index in [0.29, 0.717) is 12.1 Å². The lowest BCUT2D eigenvalue weighted by atomic mass is 10.1. The number of methoxy groups -OCH3 is 2. The Bertz CT molecular complexity index is 399. The topological polar surface area (TPSA) is 33.7 Å². The van der Waals surface area contributed by atoms with Crippen molar-refractivity contribution in [1.82, 2.24) is 5.32 Å². The number of nitrogens with one attached hydrogen (secondary N) is 1. The lowest BCUT2D eigenvalue weighted by Gasteiger charge is -2.41. The van der Waals surface area contributed by atoms with E-state index in [0.717, 1.165) is 24.6 Å². The van der Waals surface area contributed by atoms with Crippen LogP contribution in [0.25, 0.3) is 0 Å². The molecule has 0 bridgehead atoms. The summed E-state index contributed by atoms with van der Waals surface area (Å²) < 4.78 is 10.6. The van der Waals surface area contributed by atoms with Crippen LogP contribution in [0.1, 0.15) is 13.8 Å². The van der Waals surface area contributed by atoms with Gasteiger partial charge in [-0.05, 0) is 26.0 Å². The van der Waals surface area contributed by atoms with Crippen molar-refractivity contribution < 1.29 is 9.47 Å². The molecular weight excluding hydrogens is 228 g/mol. The van der Waals surface area contributed by atoms with Crippen LogP contribution < -0.4 is 19.7 Å². The Morgan fingerprint density at radius 1 is 1.06 bits per heavy atom. The van der Waals surface area contributed by atoms with Crippen molar-refractivity contribution in [2.75, 3.05) is 32.2 Å². The van der Waals surface area contributed by atoms with Gasteiger partial charge in [-0.3, -0.25) is 0 Å². The first-order valence-electron chi connectivity index (χ1n) is 6.38. The minimum atomic E-state index is 0.479. The Labute approximate surface area is 109 Å². The van der Waals surface area contributed by atoms with Gasteiger partial charge in [-0.25, -0.2) is 0 Å². The van der Waals surface area contributed by atoms with Gasteiger partial charge in [-0.1, -0.05) is 0 Å². The number of benzene rings is 1. The maximum absolute atomic E-state index is 5.37. The number of ether oxygens (including phenoxy) is 2. The van der Waals surface area contributed by atoms with Gasteiger partial charge >= 0.3 is 0 Å². The average molecular weight is 250 g/mol. The molecule has 0 aliphatic carbocycles. The zero-order valence-electron chi connectivity index (χ0n) is 11.6. The Hall–Kier alpha value is -1.42. The molecule has 2 rings (SSSR count). The maximum atomic E-state index is 5.37. The minimum absolute atomic E-state index is 0.479. The first kappa shape index (κ1) is 13.0. The van der Waals surface area contributed by atoms with Crippen molar-refractivity contribution in [3.05, 3.63) is 18.2 Å². The van der Waals surface area contributed by atoms with Gasteiger partial charge in [0.15, 0.2) is 11.5 Å². The highest BCUT2D eigenvalue weighted by Crippen LogP contribution is 2.33. The van der Waals surface area contributed by atoms with E-state index in [2.05, 4.69) is 36.2 Å². The van der Waals surface area contributed by atoms with Crippen molar-refractivity contribution in [2.45, 2.75) is 25.9 Å². The van der Waals surface area contributed by atoms with Crippen molar-refractivity contribution in [1.29, 1.82) is 0 Å². The Balaban J connectivity index is 2.32. The fourth-order valence-electron chi connectivity index (χ4n) is 2.63. The molecule has 100 valence electrons. The van der Waals surface area contributed by atoms with Crippen LogP contribution in [-0.4, -0.2) is 39.4 Å². The summed E-state index contributed by atoms with van der Waals surface area (Å²) in [4.78, 5) is 2.43. The zero-order chi connectivity index (χ0) is 13.1. The minimum Gasteiger partial charge on any atom is -0.493 e. The van der Waals surface area contributed by atoms with E-state index in [-0.39, 0.29) is 0 Å². The van der Waals surface area contributed by atoms with Gasteiger partial charge in [0.2, 0.25) is 0 Å². The third-order valence-corrected chi connectivity index (χ3v) is 3.49. The summed E-state index contributed by atoms with van der Waals surface area (Å²) in [6.07, 6.45) is 0. The molecule has 0 spiro atoms. The molecule has 4 nitrogen and oxygen atoms in total. The number of hydrogen-bond donors (Lipinski definition) is 1. The predicted octanol–water partition coefficient (Wildman–Crippen LogP) is 1.89.